The Labute approximate surface area is 112 Å². The Morgan fingerprint density at radius 1 is 1.21 bits per heavy atom. The van der Waals surface area contributed by atoms with E-state index in [-0.39, 0.29) is 0 Å². The van der Waals surface area contributed by atoms with E-state index in [0.717, 1.165) is 50.4 Å². The standard InChI is InChI=1S/C14H18N4O/c1-16-6-4-7-17(10-9-16)14-12(11-19)18-8-3-2-5-13(18)15-14/h2-3,5,8,11H,4,6-7,9-10H2,1H3. The molecule has 0 spiro atoms. The van der Waals surface area contributed by atoms with E-state index in [2.05, 4.69) is 21.8 Å². The van der Waals surface area contributed by atoms with Crippen LogP contribution in [0.3, 0.4) is 0 Å². The van der Waals surface area contributed by atoms with Crippen LogP contribution in [0.4, 0.5) is 5.82 Å². The summed E-state index contributed by atoms with van der Waals surface area (Å²) in [5.41, 5.74) is 1.48. The maximum atomic E-state index is 11.4. The number of pyridine rings is 1. The molecule has 5 heteroatoms. The van der Waals surface area contributed by atoms with Crippen LogP contribution in [-0.4, -0.2) is 53.8 Å². The molecule has 0 N–H and O–H groups in total. The van der Waals surface area contributed by atoms with E-state index in [1.807, 2.05) is 28.8 Å². The van der Waals surface area contributed by atoms with Crippen molar-refractivity contribution in [1.82, 2.24) is 14.3 Å². The van der Waals surface area contributed by atoms with Gasteiger partial charge in [-0.1, -0.05) is 6.07 Å². The maximum absolute atomic E-state index is 11.4. The van der Waals surface area contributed by atoms with Crippen LogP contribution in [0.2, 0.25) is 0 Å². The molecule has 19 heavy (non-hydrogen) atoms. The molecule has 100 valence electrons. The Hall–Kier alpha value is -1.88. The van der Waals surface area contributed by atoms with Gasteiger partial charge in [-0.15, -0.1) is 0 Å². The van der Waals surface area contributed by atoms with Gasteiger partial charge in [0.1, 0.15) is 11.3 Å². The summed E-state index contributed by atoms with van der Waals surface area (Å²) in [6.45, 7) is 3.97. The zero-order valence-corrected chi connectivity index (χ0v) is 11.1. The summed E-state index contributed by atoms with van der Waals surface area (Å²) < 4.78 is 1.86. The first-order valence-corrected chi connectivity index (χ1v) is 6.65. The van der Waals surface area contributed by atoms with E-state index in [0.29, 0.717) is 5.69 Å². The predicted octanol–water partition coefficient (Wildman–Crippen LogP) is 1.29. The summed E-state index contributed by atoms with van der Waals surface area (Å²) in [6.07, 6.45) is 3.89. The van der Waals surface area contributed by atoms with Crippen LogP contribution in [-0.2, 0) is 0 Å². The third kappa shape index (κ3) is 2.21. The van der Waals surface area contributed by atoms with Crippen molar-refractivity contribution in [2.45, 2.75) is 6.42 Å². The predicted molar refractivity (Wildman–Crippen MR) is 74.9 cm³/mol. The van der Waals surface area contributed by atoms with E-state index in [1.54, 1.807) is 0 Å². The zero-order chi connectivity index (χ0) is 13.2. The number of carbonyl (C=O) groups is 1. The number of aldehydes is 1. The fraction of sp³-hybridized carbons (Fsp3) is 0.429. The number of likely N-dealkylation sites (N-methyl/N-ethyl adjacent to an activating group) is 1. The molecule has 0 saturated carbocycles. The van der Waals surface area contributed by atoms with Crippen molar-refractivity contribution >= 4 is 17.8 Å². The van der Waals surface area contributed by atoms with Gasteiger partial charge in [0, 0.05) is 25.8 Å². The van der Waals surface area contributed by atoms with Gasteiger partial charge in [0.2, 0.25) is 0 Å². The number of fused-ring (bicyclic) bond motifs is 1. The number of hydrogen-bond acceptors (Lipinski definition) is 4. The topological polar surface area (TPSA) is 40.9 Å². The Morgan fingerprint density at radius 3 is 2.95 bits per heavy atom. The van der Waals surface area contributed by atoms with Crippen molar-refractivity contribution in [2.24, 2.45) is 0 Å². The summed E-state index contributed by atoms with van der Waals surface area (Å²) in [7, 11) is 2.13. The average molecular weight is 258 g/mol. The molecule has 0 aliphatic carbocycles. The van der Waals surface area contributed by atoms with Crippen molar-refractivity contribution in [3.8, 4) is 0 Å². The largest absolute Gasteiger partial charge is 0.353 e. The second kappa shape index (κ2) is 5.01. The van der Waals surface area contributed by atoms with Crippen molar-refractivity contribution in [1.29, 1.82) is 0 Å². The number of hydrogen-bond donors (Lipinski definition) is 0. The third-order valence-electron chi connectivity index (χ3n) is 3.68. The van der Waals surface area contributed by atoms with Gasteiger partial charge in [-0.2, -0.15) is 0 Å². The van der Waals surface area contributed by atoms with Gasteiger partial charge in [0.05, 0.1) is 0 Å². The van der Waals surface area contributed by atoms with Gasteiger partial charge < -0.3 is 9.80 Å². The number of carbonyl (C=O) groups excluding carboxylic acids is 1. The third-order valence-corrected chi connectivity index (χ3v) is 3.68. The molecule has 1 aliphatic rings. The quantitative estimate of drug-likeness (QED) is 0.761. The lowest BCUT2D eigenvalue weighted by molar-refractivity contribution is 0.111. The lowest BCUT2D eigenvalue weighted by Gasteiger charge is -2.20. The molecule has 1 aliphatic heterocycles. The van der Waals surface area contributed by atoms with Crippen LogP contribution in [0.15, 0.2) is 24.4 Å². The number of aromatic nitrogens is 2. The molecule has 1 saturated heterocycles. The van der Waals surface area contributed by atoms with Crippen LogP contribution < -0.4 is 4.90 Å². The average Bonchev–Trinajstić information content (AvgIpc) is 2.67. The van der Waals surface area contributed by atoms with E-state index in [9.17, 15) is 4.79 Å². The smallest absolute Gasteiger partial charge is 0.170 e. The molecule has 5 nitrogen and oxygen atoms in total. The first kappa shape index (κ1) is 12.2. The molecule has 0 unspecified atom stereocenters. The van der Waals surface area contributed by atoms with Crippen LogP contribution >= 0.6 is 0 Å². The van der Waals surface area contributed by atoms with Gasteiger partial charge in [0.15, 0.2) is 12.1 Å². The summed E-state index contributed by atoms with van der Waals surface area (Å²) in [6, 6.07) is 5.79. The number of anilines is 1. The summed E-state index contributed by atoms with van der Waals surface area (Å²) in [5.74, 6) is 0.816. The van der Waals surface area contributed by atoms with Gasteiger partial charge in [-0.25, -0.2) is 4.98 Å². The number of imidazole rings is 1. The van der Waals surface area contributed by atoms with E-state index in [1.165, 1.54) is 0 Å². The molecule has 0 amide bonds. The van der Waals surface area contributed by atoms with Crippen molar-refractivity contribution in [3.05, 3.63) is 30.1 Å². The summed E-state index contributed by atoms with van der Waals surface area (Å²) in [4.78, 5) is 20.5. The fourth-order valence-electron chi connectivity index (χ4n) is 2.60. The molecule has 3 heterocycles. The summed E-state index contributed by atoms with van der Waals surface area (Å²) in [5, 5.41) is 0. The molecule has 2 aromatic rings. The Morgan fingerprint density at radius 2 is 2.11 bits per heavy atom. The highest BCUT2D eigenvalue weighted by molar-refractivity contribution is 5.83. The van der Waals surface area contributed by atoms with Crippen molar-refractivity contribution < 1.29 is 4.79 Å². The molecule has 0 aromatic carbocycles. The first-order chi connectivity index (χ1) is 9.29. The SMILES string of the molecule is CN1CCCN(c2nc3ccccn3c2C=O)CC1. The number of nitrogens with zero attached hydrogens (tertiary/aromatic N) is 4. The van der Waals surface area contributed by atoms with E-state index >= 15 is 0 Å². The minimum Gasteiger partial charge on any atom is -0.353 e. The lowest BCUT2D eigenvalue weighted by atomic mass is 10.3. The highest BCUT2D eigenvalue weighted by Gasteiger charge is 2.19. The van der Waals surface area contributed by atoms with Gasteiger partial charge in [-0.3, -0.25) is 9.20 Å². The molecular weight excluding hydrogens is 240 g/mol. The monoisotopic (exact) mass is 258 g/mol. The second-order valence-electron chi connectivity index (χ2n) is 5.01. The Bertz CT molecular complexity index is 592. The highest BCUT2D eigenvalue weighted by atomic mass is 16.1. The minimum absolute atomic E-state index is 0.653. The molecule has 1 fully saturated rings. The molecule has 0 bridgehead atoms. The van der Waals surface area contributed by atoms with E-state index in [4.69, 9.17) is 0 Å². The maximum Gasteiger partial charge on any atom is 0.170 e. The Kier molecular flexibility index (Phi) is 3.21. The van der Waals surface area contributed by atoms with E-state index < -0.39 is 0 Å². The van der Waals surface area contributed by atoms with Crippen LogP contribution in [0.1, 0.15) is 16.9 Å². The Balaban J connectivity index is 2.01. The summed E-state index contributed by atoms with van der Waals surface area (Å²) >= 11 is 0. The molecule has 0 atom stereocenters. The van der Waals surface area contributed by atoms with Gasteiger partial charge >= 0.3 is 0 Å². The lowest BCUT2D eigenvalue weighted by Crippen LogP contribution is -2.29. The molecule has 2 aromatic heterocycles. The molecular formula is C14H18N4O. The normalized spacial score (nSPS) is 17.6. The van der Waals surface area contributed by atoms with Crippen LogP contribution in [0.25, 0.3) is 5.65 Å². The van der Waals surface area contributed by atoms with Gasteiger partial charge in [0.25, 0.3) is 0 Å². The molecule has 3 rings (SSSR count). The first-order valence-electron chi connectivity index (χ1n) is 6.65. The molecule has 0 radical (unpaired) electrons. The second-order valence-corrected chi connectivity index (χ2v) is 5.01. The van der Waals surface area contributed by atoms with Crippen LogP contribution in [0.5, 0.6) is 0 Å². The highest BCUT2D eigenvalue weighted by Crippen LogP contribution is 2.21. The van der Waals surface area contributed by atoms with Crippen LogP contribution in [0, 0.1) is 0 Å². The van der Waals surface area contributed by atoms with Crippen molar-refractivity contribution in [3.63, 3.8) is 0 Å². The zero-order valence-electron chi connectivity index (χ0n) is 11.1. The minimum atomic E-state index is 0.653. The number of rotatable bonds is 2. The van der Waals surface area contributed by atoms with Gasteiger partial charge in [-0.05, 0) is 32.1 Å². The fourth-order valence-corrected chi connectivity index (χ4v) is 2.60. The van der Waals surface area contributed by atoms with Crippen molar-refractivity contribution in [2.75, 3.05) is 38.1 Å².